The molecule has 1 heterocycles. The second-order valence-corrected chi connectivity index (χ2v) is 6.18. The molecule has 0 unspecified atom stereocenters. The zero-order chi connectivity index (χ0) is 17.6. The van der Waals surface area contributed by atoms with Crippen molar-refractivity contribution in [3.8, 4) is 11.3 Å². The minimum atomic E-state index is -0.402. The molecular formula is C20H21N2O3+. The highest BCUT2D eigenvalue weighted by Crippen LogP contribution is 2.24. The van der Waals surface area contributed by atoms with E-state index in [2.05, 4.69) is 36.5 Å². The highest BCUT2D eigenvalue weighted by atomic mass is 16.6. The fraction of sp³-hybridized carbons (Fsp3) is 0.200. The Morgan fingerprint density at radius 2 is 1.76 bits per heavy atom. The third-order valence-corrected chi connectivity index (χ3v) is 4.15. The molecule has 5 nitrogen and oxygen atoms in total. The molecule has 0 amide bonds. The van der Waals surface area contributed by atoms with Crippen LogP contribution in [-0.4, -0.2) is 11.0 Å². The second-order valence-electron chi connectivity index (χ2n) is 6.18. The van der Waals surface area contributed by atoms with Crippen LogP contribution in [0.5, 0.6) is 0 Å². The van der Waals surface area contributed by atoms with E-state index in [1.165, 1.54) is 17.7 Å². The lowest BCUT2D eigenvalue weighted by Crippen LogP contribution is -2.88. The Labute approximate surface area is 146 Å². The quantitative estimate of drug-likeness (QED) is 0.529. The lowest BCUT2D eigenvalue weighted by atomic mass is 10.1. The van der Waals surface area contributed by atoms with Crippen molar-refractivity contribution in [3.05, 3.63) is 88.2 Å². The zero-order valence-electron chi connectivity index (χ0n) is 14.1. The number of nitro benzene ring substituents is 1. The van der Waals surface area contributed by atoms with Gasteiger partial charge in [0.25, 0.3) is 5.69 Å². The number of non-ortho nitro benzene ring substituents is 1. The van der Waals surface area contributed by atoms with E-state index < -0.39 is 4.92 Å². The molecule has 2 N–H and O–H groups in total. The van der Waals surface area contributed by atoms with Crippen LogP contribution in [0.25, 0.3) is 11.3 Å². The van der Waals surface area contributed by atoms with Crippen molar-refractivity contribution >= 4 is 5.69 Å². The maximum absolute atomic E-state index is 10.7. The van der Waals surface area contributed by atoms with Crippen molar-refractivity contribution in [1.29, 1.82) is 0 Å². The first kappa shape index (κ1) is 16.9. The highest BCUT2D eigenvalue weighted by molar-refractivity contribution is 5.59. The minimum absolute atomic E-state index is 0.0820. The van der Waals surface area contributed by atoms with E-state index in [1.54, 1.807) is 12.1 Å². The van der Waals surface area contributed by atoms with Crippen molar-refractivity contribution in [3.63, 3.8) is 0 Å². The number of rotatable bonds is 7. The predicted molar refractivity (Wildman–Crippen MR) is 96.0 cm³/mol. The molecule has 3 aromatic rings. The minimum Gasteiger partial charge on any atom is -0.455 e. The number of quaternary nitrogens is 1. The average Bonchev–Trinajstić information content (AvgIpc) is 3.10. The Hall–Kier alpha value is -2.92. The van der Waals surface area contributed by atoms with Gasteiger partial charge in [-0.2, -0.15) is 0 Å². The van der Waals surface area contributed by atoms with Crippen LogP contribution in [-0.2, 0) is 13.0 Å². The Morgan fingerprint density at radius 3 is 2.44 bits per heavy atom. The molecule has 0 spiro atoms. The molecule has 0 aliphatic heterocycles. The molecule has 0 fully saturated rings. The van der Waals surface area contributed by atoms with Crippen LogP contribution in [0.15, 0.2) is 71.1 Å². The standard InChI is InChI=1S/C20H20N2O3/c1-15(13-16-5-3-2-4-6-16)21-14-19-11-12-20(25-19)17-7-9-18(10-8-17)22(23)24/h2-12,15,21H,13-14H2,1H3/p+1/t15-/m0/s1. The summed E-state index contributed by atoms with van der Waals surface area (Å²) in [6, 6.07) is 21.2. The monoisotopic (exact) mass is 337 g/mol. The number of hydrogen-bond acceptors (Lipinski definition) is 3. The number of nitrogens with two attached hydrogens (primary N) is 1. The van der Waals surface area contributed by atoms with E-state index in [4.69, 9.17) is 4.42 Å². The molecule has 3 rings (SSSR count). The maximum atomic E-state index is 10.7. The molecule has 5 heteroatoms. The largest absolute Gasteiger partial charge is 0.455 e. The van der Waals surface area contributed by atoms with Crippen molar-refractivity contribution in [2.24, 2.45) is 0 Å². The van der Waals surface area contributed by atoms with Gasteiger partial charge < -0.3 is 9.73 Å². The Morgan fingerprint density at radius 1 is 1.04 bits per heavy atom. The van der Waals surface area contributed by atoms with E-state index in [1.807, 2.05) is 18.2 Å². The van der Waals surface area contributed by atoms with Crippen molar-refractivity contribution in [2.45, 2.75) is 25.9 Å². The fourth-order valence-electron chi connectivity index (χ4n) is 2.78. The van der Waals surface area contributed by atoms with E-state index in [9.17, 15) is 10.1 Å². The molecule has 25 heavy (non-hydrogen) atoms. The van der Waals surface area contributed by atoms with Gasteiger partial charge in [0.2, 0.25) is 0 Å². The summed E-state index contributed by atoms with van der Waals surface area (Å²) < 4.78 is 5.87. The van der Waals surface area contributed by atoms with Crippen LogP contribution in [0.2, 0.25) is 0 Å². The summed E-state index contributed by atoms with van der Waals surface area (Å²) in [5.74, 6) is 1.63. The first-order valence-corrected chi connectivity index (χ1v) is 8.32. The summed E-state index contributed by atoms with van der Waals surface area (Å²) >= 11 is 0. The van der Waals surface area contributed by atoms with Crippen LogP contribution in [0, 0.1) is 10.1 Å². The number of hydrogen-bond donors (Lipinski definition) is 1. The van der Waals surface area contributed by atoms with Crippen LogP contribution in [0.3, 0.4) is 0 Å². The normalized spacial score (nSPS) is 12.0. The smallest absolute Gasteiger partial charge is 0.269 e. The molecule has 2 aromatic carbocycles. The maximum Gasteiger partial charge on any atom is 0.269 e. The number of furan rings is 1. The van der Waals surface area contributed by atoms with Crippen LogP contribution < -0.4 is 5.32 Å². The lowest BCUT2D eigenvalue weighted by Gasteiger charge is -2.09. The van der Waals surface area contributed by atoms with Gasteiger partial charge in [0.1, 0.15) is 12.3 Å². The molecule has 128 valence electrons. The molecule has 0 bridgehead atoms. The van der Waals surface area contributed by atoms with E-state index in [0.717, 1.165) is 30.0 Å². The zero-order valence-corrected chi connectivity index (χ0v) is 14.1. The van der Waals surface area contributed by atoms with Gasteiger partial charge in [-0.15, -0.1) is 0 Å². The molecule has 1 aromatic heterocycles. The van der Waals surface area contributed by atoms with Gasteiger partial charge in [0.15, 0.2) is 5.76 Å². The molecule has 0 radical (unpaired) electrons. The summed E-state index contributed by atoms with van der Waals surface area (Å²) in [6.07, 6.45) is 1.01. The topological polar surface area (TPSA) is 72.9 Å². The van der Waals surface area contributed by atoms with Gasteiger partial charge in [0, 0.05) is 24.1 Å². The molecule has 0 saturated heterocycles. The predicted octanol–water partition coefficient (Wildman–Crippen LogP) is 3.55. The van der Waals surface area contributed by atoms with Crippen molar-refractivity contribution < 1.29 is 14.7 Å². The van der Waals surface area contributed by atoms with Gasteiger partial charge in [-0.3, -0.25) is 10.1 Å². The SMILES string of the molecule is C[C@@H](Cc1ccccc1)[NH2+]Cc1ccc(-c2ccc([N+](=O)[O-])cc2)o1. The molecular weight excluding hydrogens is 316 g/mol. The van der Waals surface area contributed by atoms with E-state index in [-0.39, 0.29) is 5.69 Å². The van der Waals surface area contributed by atoms with E-state index in [0.29, 0.717) is 6.04 Å². The first-order valence-electron chi connectivity index (χ1n) is 8.32. The number of nitro groups is 1. The summed E-state index contributed by atoms with van der Waals surface area (Å²) in [5.41, 5.74) is 2.25. The molecule has 0 aliphatic carbocycles. The highest BCUT2D eigenvalue weighted by Gasteiger charge is 2.11. The lowest BCUT2D eigenvalue weighted by molar-refractivity contribution is -0.702. The third-order valence-electron chi connectivity index (χ3n) is 4.15. The summed E-state index contributed by atoms with van der Waals surface area (Å²) in [5, 5.41) is 13.0. The van der Waals surface area contributed by atoms with Gasteiger partial charge in [-0.1, -0.05) is 30.3 Å². The first-order chi connectivity index (χ1) is 12.1. The number of benzene rings is 2. The fourth-order valence-corrected chi connectivity index (χ4v) is 2.78. The summed E-state index contributed by atoms with van der Waals surface area (Å²) in [6.45, 7) is 2.97. The van der Waals surface area contributed by atoms with Gasteiger partial charge in [0.05, 0.1) is 11.0 Å². The van der Waals surface area contributed by atoms with Crippen LogP contribution in [0.1, 0.15) is 18.2 Å². The Kier molecular flexibility index (Phi) is 5.26. The Balaban J connectivity index is 1.57. The van der Waals surface area contributed by atoms with Gasteiger partial charge in [-0.05, 0) is 36.8 Å². The molecule has 0 aliphatic rings. The second kappa shape index (κ2) is 7.77. The van der Waals surface area contributed by atoms with Crippen molar-refractivity contribution in [2.75, 3.05) is 0 Å². The molecule has 1 atom stereocenters. The summed E-state index contributed by atoms with van der Waals surface area (Å²) in [7, 11) is 0. The molecule has 0 saturated carbocycles. The van der Waals surface area contributed by atoms with Gasteiger partial charge in [-0.25, -0.2) is 0 Å². The summed E-state index contributed by atoms with van der Waals surface area (Å²) in [4.78, 5) is 10.3. The van der Waals surface area contributed by atoms with Crippen LogP contribution >= 0.6 is 0 Å². The third kappa shape index (κ3) is 4.55. The van der Waals surface area contributed by atoms with E-state index >= 15 is 0 Å². The Bertz CT molecular complexity index is 826. The average molecular weight is 337 g/mol. The number of nitrogens with zero attached hydrogens (tertiary/aromatic N) is 1. The van der Waals surface area contributed by atoms with Crippen LogP contribution in [0.4, 0.5) is 5.69 Å². The van der Waals surface area contributed by atoms with Gasteiger partial charge >= 0.3 is 0 Å². The van der Waals surface area contributed by atoms with Crippen molar-refractivity contribution in [1.82, 2.24) is 0 Å².